The Hall–Kier alpha value is -3.02. The van der Waals surface area contributed by atoms with Crippen molar-refractivity contribution < 1.29 is 18.7 Å². The molecule has 24 heavy (non-hydrogen) atoms. The first-order valence-electron chi connectivity index (χ1n) is 7.35. The fourth-order valence-electron chi connectivity index (χ4n) is 2.71. The Morgan fingerprint density at radius 1 is 1.12 bits per heavy atom. The van der Waals surface area contributed by atoms with Crippen molar-refractivity contribution in [3.05, 3.63) is 53.5 Å². The zero-order valence-corrected chi connectivity index (χ0v) is 13.6. The molecule has 6 heteroatoms. The van der Waals surface area contributed by atoms with E-state index in [0.717, 1.165) is 0 Å². The van der Waals surface area contributed by atoms with Gasteiger partial charge in [0, 0.05) is 22.8 Å². The third-order valence-electron chi connectivity index (χ3n) is 3.84. The molecule has 124 valence electrons. The molecule has 3 aromatic rings. The molecule has 0 fully saturated rings. The Bertz CT molecular complexity index is 918. The maximum atomic E-state index is 13.9. The second-order valence-corrected chi connectivity index (χ2v) is 5.31. The van der Waals surface area contributed by atoms with E-state index < -0.39 is 0 Å². The summed E-state index contributed by atoms with van der Waals surface area (Å²) < 4.78 is 24.3. The molecule has 5 nitrogen and oxygen atoms in total. The van der Waals surface area contributed by atoms with Gasteiger partial charge in [-0.25, -0.2) is 4.39 Å². The number of amides is 1. The predicted molar refractivity (Wildman–Crippen MR) is 90.5 cm³/mol. The minimum Gasteiger partial charge on any atom is -0.493 e. The third kappa shape index (κ3) is 2.67. The van der Waals surface area contributed by atoms with E-state index in [1.165, 1.54) is 13.2 Å². The molecule has 0 spiro atoms. The number of aromatic nitrogens is 1. The van der Waals surface area contributed by atoms with Crippen molar-refractivity contribution in [3.63, 3.8) is 0 Å². The molecule has 0 bridgehead atoms. The molecule has 2 aromatic carbocycles. The van der Waals surface area contributed by atoms with Crippen molar-refractivity contribution in [3.8, 4) is 11.5 Å². The highest BCUT2D eigenvalue weighted by Gasteiger charge is 2.18. The molecular formula is C18H17FN2O3. The Kier molecular flexibility index (Phi) is 4.12. The van der Waals surface area contributed by atoms with E-state index in [4.69, 9.17) is 9.47 Å². The summed E-state index contributed by atoms with van der Waals surface area (Å²) in [6, 6.07) is 9.74. The lowest BCUT2D eigenvalue weighted by Crippen LogP contribution is -2.12. The quantitative estimate of drug-likeness (QED) is 0.764. The number of aryl methyl sites for hydroxylation is 1. The monoisotopic (exact) mass is 328 g/mol. The van der Waals surface area contributed by atoms with Gasteiger partial charge in [-0.15, -0.1) is 0 Å². The van der Waals surface area contributed by atoms with E-state index in [1.807, 2.05) is 0 Å². The lowest BCUT2D eigenvalue weighted by molar-refractivity contribution is 0.102. The fraction of sp³-hybridized carbons (Fsp3) is 0.167. The van der Waals surface area contributed by atoms with Crippen molar-refractivity contribution in [1.82, 2.24) is 4.98 Å². The summed E-state index contributed by atoms with van der Waals surface area (Å²) in [7, 11) is 3.07. The van der Waals surface area contributed by atoms with Crippen LogP contribution in [0.4, 0.5) is 10.1 Å². The largest absolute Gasteiger partial charge is 0.493 e. The van der Waals surface area contributed by atoms with Crippen LogP contribution in [0.25, 0.3) is 10.9 Å². The molecule has 0 radical (unpaired) electrons. The maximum Gasteiger partial charge on any atom is 0.258 e. The summed E-state index contributed by atoms with van der Waals surface area (Å²) in [5.41, 5.74) is 1.91. The van der Waals surface area contributed by atoms with Crippen LogP contribution in [0, 0.1) is 12.7 Å². The van der Waals surface area contributed by atoms with Crippen LogP contribution in [0.2, 0.25) is 0 Å². The van der Waals surface area contributed by atoms with Crippen LogP contribution in [-0.4, -0.2) is 25.1 Å². The number of nitrogens with one attached hydrogen (secondary N) is 2. The van der Waals surface area contributed by atoms with Crippen LogP contribution in [0.15, 0.2) is 36.4 Å². The molecule has 0 unspecified atom stereocenters. The number of ether oxygens (including phenoxy) is 2. The molecule has 1 aromatic heterocycles. The van der Waals surface area contributed by atoms with Gasteiger partial charge in [0.05, 0.1) is 25.3 Å². The number of halogens is 1. The van der Waals surface area contributed by atoms with E-state index in [-0.39, 0.29) is 11.7 Å². The number of benzene rings is 2. The molecule has 0 atom stereocenters. The molecule has 0 aliphatic rings. The average Bonchev–Trinajstić information content (AvgIpc) is 2.92. The highest BCUT2D eigenvalue weighted by Crippen LogP contribution is 2.31. The second kappa shape index (κ2) is 6.23. The van der Waals surface area contributed by atoms with Crippen LogP contribution >= 0.6 is 0 Å². The van der Waals surface area contributed by atoms with Crippen molar-refractivity contribution >= 4 is 22.5 Å². The van der Waals surface area contributed by atoms with Crippen LogP contribution in [0.5, 0.6) is 11.5 Å². The van der Waals surface area contributed by atoms with Crippen LogP contribution in [0.1, 0.15) is 16.1 Å². The summed E-state index contributed by atoms with van der Waals surface area (Å²) in [6.45, 7) is 1.74. The number of aromatic amines is 1. The molecule has 0 aliphatic carbocycles. The van der Waals surface area contributed by atoms with Crippen LogP contribution in [-0.2, 0) is 0 Å². The van der Waals surface area contributed by atoms with Gasteiger partial charge in [0.2, 0.25) is 0 Å². The zero-order valence-electron chi connectivity index (χ0n) is 13.6. The molecule has 2 N–H and O–H groups in total. The predicted octanol–water partition coefficient (Wildman–Crippen LogP) is 3.88. The number of methoxy groups -OCH3 is 2. The number of fused-ring (bicyclic) bond motifs is 1. The number of rotatable bonds is 4. The standard InChI is InChI=1S/C18H17FN2O3/c1-10-16(12-5-4-6-13(19)17(12)20-10)18(22)21-11-7-8-14(23-2)15(9-11)24-3/h4-9,20H,1-3H3,(H,21,22). The van der Waals surface area contributed by atoms with Gasteiger partial charge in [0.1, 0.15) is 5.82 Å². The van der Waals surface area contributed by atoms with Gasteiger partial charge in [0.25, 0.3) is 5.91 Å². The first-order chi connectivity index (χ1) is 11.5. The first kappa shape index (κ1) is 15.9. The number of anilines is 1. The number of carbonyl (C=O) groups excluding carboxylic acids is 1. The number of hydrogen-bond donors (Lipinski definition) is 2. The zero-order chi connectivity index (χ0) is 17.3. The molecule has 3 rings (SSSR count). The van der Waals surface area contributed by atoms with Gasteiger partial charge < -0.3 is 19.8 Å². The summed E-state index contributed by atoms with van der Waals surface area (Å²) in [5.74, 6) is 0.371. The van der Waals surface area contributed by atoms with Crippen molar-refractivity contribution in [2.75, 3.05) is 19.5 Å². The fourth-order valence-corrected chi connectivity index (χ4v) is 2.71. The summed E-state index contributed by atoms with van der Waals surface area (Å²) in [6.07, 6.45) is 0. The van der Waals surface area contributed by atoms with E-state index in [1.54, 1.807) is 44.4 Å². The van der Waals surface area contributed by atoms with Gasteiger partial charge in [0.15, 0.2) is 11.5 Å². The first-order valence-corrected chi connectivity index (χ1v) is 7.35. The van der Waals surface area contributed by atoms with E-state index in [2.05, 4.69) is 10.3 Å². The van der Waals surface area contributed by atoms with Gasteiger partial charge in [-0.05, 0) is 25.1 Å². The molecular weight excluding hydrogens is 311 g/mol. The average molecular weight is 328 g/mol. The maximum absolute atomic E-state index is 13.9. The Morgan fingerprint density at radius 2 is 1.88 bits per heavy atom. The number of H-pyrrole nitrogens is 1. The van der Waals surface area contributed by atoms with Crippen molar-refractivity contribution in [2.24, 2.45) is 0 Å². The lowest BCUT2D eigenvalue weighted by Gasteiger charge is -2.10. The highest BCUT2D eigenvalue weighted by atomic mass is 19.1. The van der Waals surface area contributed by atoms with Crippen molar-refractivity contribution in [1.29, 1.82) is 0 Å². The Labute approximate surface area is 138 Å². The molecule has 1 heterocycles. The van der Waals surface area contributed by atoms with E-state index in [9.17, 15) is 9.18 Å². The van der Waals surface area contributed by atoms with Gasteiger partial charge in [-0.1, -0.05) is 12.1 Å². The van der Waals surface area contributed by atoms with Crippen LogP contribution < -0.4 is 14.8 Å². The topological polar surface area (TPSA) is 63.3 Å². The smallest absolute Gasteiger partial charge is 0.258 e. The second-order valence-electron chi connectivity index (χ2n) is 5.31. The SMILES string of the molecule is COc1ccc(NC(=O)c2c(C)[nH]c3c(F)cccc23)cc1OC. The third-order valence-corrected chi connectivity index (χ3v) is 3.84. The summed E-state index contributed by atoms with van der Waals surface area (Å²) in [4.78, 5) is 15.6. The summed E-state index contributed by atoms with van der Waals surface area (Å²) in [5, 5.41) is 3.35. The van der Waals surface area contributed by atoms with Gasteiger partial charge in [-0.3, -0.25) is 4.79 Å². The van der Waals surface area contributed by atoms with Gasteiger partial charge in [-0.2, -0.15) is 0 Å². The Balaban J connectivity index is 1.96. The molecule has 1 amide bonds. The number of hydrogen-bond acceptors (Lipinski definition) is 3. The van der Waals surface area contributed by atoms with Gasteiger partial charge >= 0.3 is 0 Å². The molecule has 0 saturated carbocycles. The molecule has 0 saturated heterocycles. The van der Waals surface area contributed by atoms with E-state index >= 15 is 0 Å². The normalized spacial score (nSPS) is 10.7. The number of carbonyl (C=O) groups is 1. The molecule has 0 aliphatic heterocycles. The number of para-hydroxylation sites is 1. The Morgan fingerprint density at radius 3 is 2.58 bits per heavy atom. The highest BCUT2D eigenvalue weighted by molar-refractivity contribution is 6.14. The van der Waals surface area contributed by atoms with Crippen LogP contribution in [0.3, 0.4) is 0 Å². The van der Waals surface area contributed by atoms with Crippen molar-refractivity contribution in [2.45, 2.75) is 6.92 Å². The lowest BCUT2D eigenvalue weighted by atomic mass is 10.1. The van der Waals surface area contributed by atoms with E-state index in [0.29, 0.717) is 39.3 Å². The summed E-state index contributed by atoms with van der Waals surface area (Å²) >= 11 is 0. The minimum absolute atomic E-state index is 0.323. The minimum atomic E-state index is -0.388.